The normalized spacial score (nSPS) is 11.0. The molecule has 0 saturated heterocycles. The number of benzene rings is 3. The Balaban J connectivity index is 2.10. The van der Waals surface area contributed by atoms with Crippen LogP contribution in [-0.4, -0.2) is 9.55 Å². The molecule has 0 amide bonds. The third kappa shape index (κ3) is 2.14. The molecule has 4 rings (SSSR count). The highest BCUT2D eigenvalue weighted by atomic mass is 79.9. The van der Waals surface area contributed by atoms with Crippen LogP contribution in [0.1, 0.15) is 0 Å². The molecule has 0 spiro atoms. The Morgan fingerprint density at radius 2 is 1.41 bits per heavy atom. The van der Waals surface area contributed by atoms with Crippen LogP contribution in [-0.2, 0) is 0 Å². The first-order valence-corrected chi connectivity index (χ1v) is 7.92. The summed E-state index contributed by atoms with van der Waals surface area (Å²) in [6.07, 6.45) is 0. The summed E-state index contributed by atoms with van der Waals surface area (Å²) in [5.74, 6) is 0.953. The predicted octanol–water partition coefficient (Wildman–Crippen LogP) is 5.46. The van der Waals surface area contributed by atoms with Crippen LogP contribution in [0.25, 0.3) is 28.1 Å². The highest BCUT2D eigenvalue weighted by Crippen LogP contribution is 2.31. The molecule has 0 aliphatic heterocycles. The first-order valence-electron chi connectivity index (χ1n) is 7.12. The number of rotatable bonds is 2. The number of hydrogen-bond donors (Lipinski definition) is 0. The van der Waals surface area contributed by atoms with Gasteiger partial charge in [-0.15, -0.1) is 0 Å². The Bertz CT molecular complexity index is 942. The van der Waals surface area contributed by atoms with Gasteiger partial charge in [-0.1, -0.05) is 54.6 Å². The van der Waals surface area contributed by atoms with Gasteiger partial charge in [0.05, 0.1) is 16.7 Å². The van der Waals surface area contributed by atoms with E-state index in [9.17, 15) is 0 Å². The van der Waals surface area contributed by atoms with Gasteiger partial charge in [0.1, 0.15) is 5.82 Å². The average Bonchev–Trinajstić information content (AvgIpc) is 2.95. The van der Waals surface area contributed by atoms with Gasteiger partial charge in [0.2, 0.25) is 0 Å². The largest absolute Gasteiger partial charge is 0.291 e. The van der Waals surface area contributed by atoms with Gasteiger partial charge in [0, 0.05) is 10.0 Å². The van der Waals surface area contributed by atoms with Crippen molar-refractivity contribution >= 4 is 27.0 Å². The summed E-state index contributed by atoms with van der Waals surface area (Å²) >= 11 is 3.66. The topological polar surface area (TPSA) is 17.8 Å². The highest BCUT2D eigenvalue weighted by Gasteiger charge is 2.15. The summed E-state index contributed by atoms with van der Waals surface area (Å²) < 4.78 is 3.25. The van der Waals surface area contributed by atoms with Crippen LogP contribution in [0.5, 0.6) is 0 Å². The molecule has 1 heterocycles. The van der Waals surface area contributed by atoms with Gasteiger partial charge >= 0.3 is 0 Å². The molecule has 0 unspecified atom stereocenters. The quantitative estimate of drug-likeness (QED) is 0.470. The van der Waals surface area contributed by atoms with E-state index < -0.39 is 0 Å². The lowest BCUT2D eigenvalue weighted by atomic mass is 10.2. The van der Waals surface area contributed by atoms with Crippen LogP contribution >= 0.6 is 15.9 Å². The van der Waals surface area contributed by atoms with E-state index in [-0.39, 0.29) is 0 Å². The zero-order valence-electron chi connectivity index (χ0n) is 11.8. The lowest BCUT2D eigenvalue weighted by Crippen LogP contribution is -1.98. The Morgan fingerprint density at radius 3 is 2.23 bits per heavy atom. The molecule has 4 aromatic rings. The van der Waals surface area contributed by atoms with Gasteiger partial charge in [-0.05, 0) is 40.2 Å². The second-order valence-corrected chi connectivity index (χ2v) is 5.93. The first kappa shape index (κ1) is 13.3. The number of halogens is 1. The molecule has 0 bridgehead atoms. The number of hydrogen-bond acceptors (Lipinski definition) is 1. The molecule has 0 saturated carbocycles. The van der Waals surface area contributed by atoms with Crippen LogP contribution < -0.4 is 0 Å². The fourth-order valence-corrected chi connectivity index (χ4v) is 3.15. The monoisotopic (exact) mass is 348 g/mol. The van der Waals surface area contributed by atoms with Gasteiger partial charge in [-0.2, -0.15) is 0 Å². The fraction of sp³-hybridized carbons (Fsp3) is 0. The number of imidazole rings is 1. The predicted molar refractivity (Wildman–Crippen MR) is 94.2 cm³/mol. The SMILES string of the molecule is Brc1ccccc1-n1c(-c2ccccc2)nc2ccccc21. The van der Waals surface area contributed by atoms with Crippen molar-refractivity contribution in [3.63, 3.8) is 0 Å². The van der Waals surface area contributed by atoms with E-state index in [0.717, 1.165) is 32.6 Å². The molecule has 0 N–H and O–H groups in total. The summed E-state index contributed by atoms with van der Waals surface area (Å²) in [5, 5.41) is 0. The maximum atomic E-state index is 4.84. The Morgan fingerprint density at radius 1 is 0.727 bits per heavy atom. The van der Waals surface area contributed by atoms with Crippen molar-refractivity contribution in [1.82, 2.24) is 9.55 Å². The standard InChI is InChI=1S/C19H13BrN2/c20-15-10-4-6-12-17(15)22-18-13-7-5-11-16(18)21-19(22)14-8-2-1-3-9-14/h1-13H. The molecule has 3 aromatic carbocycles. The lowest BCUT2D eigenvalue weighted by molar-refractivity contribution is 1.09. The summed E-state index contributed by atoms with van der Waals surface area (Å²) in [6.45, 7) is 0. The third-order valence-electron chi connectivity index (χ3n) is 3.69. The highest BCUT2D eigenvalue weighted by molar-refractivity contribution is 9.10. The minimum absolute atomic E-state index is 0.953. The second kappa shape index (κ2) is 5.43. The molecular weight excluding hydrogens is 336 g/mol. The van der Waals surface area contributed by atoms with Crippen molar-refractivity contribution < 1.29 is 0 Å². The van der Waals surface area contributed by atoms with Crippen molar-refractivity contribution in [2.75, 3.05) is 0 Å². The van der Waals surface area contributed by atoms with E-state index in [0.29, 0.717) is 0 Å². The van der Waals surface area contributed by atoms with E-state index in [1.54, 1.807) is 0 Å². The van der Waals surface area contributed by atoms with E-state index >= 15 is 0 Å². The summed E-state index contributed by atoms with van der Waals surface area (Å²) in [6, 6.07) is 26.7. The van der Waals surface area contributed by atoms with Gasteiger partial charge in [-0.3, -0.25) is 4.57 Å². The Kier molecular flexibility index (Phi) is 3.28. The summed E-state index contributed by atoms with van der Waals surface area (Å²) in [7, 11) is 0. The molecule has 0 radical (unpaired) electrons. The maximum absolute atomic E-state index is 4.84. The molecule has 3 heteroatoms. The lowest BCUT2D eigenvalue weighted by Gasteiger charge is -2.11. The van der Waals surface area contributed by atoms with Crippen molar-refractivity contribution in [3.05, 3.63) is 83.3 Å². The molecule has 22 heavy (non-hydrogen) atoms. The molecular formula is C19H13BrN2. The first-order chi connectivity index (χ1) is 10.8. The fourth-order valence-electron chi connectivity index (χ4n) is 2.68. The van der Waals surface area contributed by atoms with Crippen molar-refractivity contribution in [1.29, 1.82) is 0 Å². The van der Waals surface area contributed by atoms with Crippen LogP contribution in [0.4, 0.5) is 0 Å². The zero-order chi connectivity index (χ0) is 14.9. The Labute approximate surface area is 137 Å². The number of fused-ring (bicyclic) bond motifs is 1. The smallest absolute Gasteiger partial charge is 0.145 e. The van der Waals surface area contributed by atoms with Gasteiger partial charge < -0.3 is 0 Å². The van der Waals surface area contributed by atoms with Crippen LogP contribution in [0.15, 0.2) is 83.3 Å². The molecule has 0 fully saturated rings. The van der Waals surface area contributed by atoms with Crippen LogP contribution in [0.3, 0.4) is 0 Å². The van der Waals surface area contributed by atoms with Crippen molar-refractivity contribution in [2.24, 2.45) is 0 Å². The number of aromatic nitrogens is 2. The molecule has 1 aromatic heterocycles. The van der Waals surface area contributed by atoms with E-state index in [1.165, 1.54) is 0 Å². The Hall–Kier alpha value is -2.39. The van der Waals surface area contributed by atoms with Gasteiger partial charge in [-0.25, -0.2) is 4.98 Å². The van der Waals surface area contributed by atoms with E-state index in [4.69, 9.17) is 4.98 Å². The minimum Gasteiger partial charge on any atom is -0.291 e. The number of para-hydroxylation sites is 3. The van der Waals surface area contributed by atoms with Crippen molar-refractivity contribution in [2.45, 2.75) is 0 Å². The van der Waals surface area contributed by atoms with Gasteiger partial charge in [0.15, 0.2) is 0 Å². The maximum Gasteiger partial charge on any atom is 0.145 e. The second-order valence-electron chi connectivity index (χ2n) is 5.08. The molecule has 106 valence electrons. The van der Waals surface area contributed by atoms with Crippen molar-refractivity contribution in [3.8, 4) is 17.1 Å². The summed E-state index contributed by atoms with van der Waals surface area (Å²) in [5.41, 5.74) is 4.30. The van der Waals surface area contributed by atoms with Gasteiger partial charge in [0.25, 0.3) is 0 Å². The molecule has 2 nitrogen and oxygen atoms in total. The average molecular weight is 349 g/mol. The third-order valence-corrected chi connectivity index (χ3v) is 4.36. The molecule has 0 aliphatic carbocycles. The summed E-state index contributed by atoms with van der Waals surface area (Å²) in [4.78, 5) is 4.84. The zero-order valence-corrected chi connectivity index (χ0v) is 13.4. The van der Waals surface area contributed by atoms with Crippen LogP contribution in [0.2, 0.25) is 0 Å². The minimum atomic E-state index is 0.953. The van der Waals surface area contributed by atoms with Crippen LogP contribution in [0, 0.1) is 0 Å². The number of nitrogens with zero attached hydrogens (tertiary/aromatic N) is 2. The van der Waals surface area contributed by atoms with E-state index in [2.05, 4.69) is 56.9 Å². The van der Waals surface area contributed by atoms with E-state index in [1.807, 2.05) is 42.5 Å². The molecule has 0 atom stereocenters. The molecule has 0 aliphatic rings.